The van der Waals surface area contributed by atoms with E-state index in [0.717, 1.165) is 0 Å². The van der Waals surface area contributed by atoms with Gasteiger partial charge in [-0.2, -0.15) is 5.26 Å². The Hall–Kier alpha value is -1.57. The number of rotatable bonds is 4. The molecule has 0 saturated carbocycles. The fourth-order valence-corrected chi connectivity index (χ4v) is 0.681. The van der Waals surface area contributed by atoms with Crippen molar-refractivity contribution in [3.63, 3.8) is 0 Å². The first kappa shape index (κ1) is 11.4. The molecule has 0 saturated heterocycles. The summed E-state index contributed by atoms with van der Waals surface area (Å²) in [5, 5.41) is 8.33. The summed E-state index contributed by atoms with van der Waals surface area (Å²) in [6.45, 7) is 2.41. The summed E-state index contributed by atoms with van der Waals surface area (Å²) in [5.74, 6) is -0.956. The maximum absolute atomic E-state index is 10.5. The molecule has 0 aromatic carbocycles. The van der Waals surface area contributed by atoms with Gasteiger partial charge in [-0.3, -0.25) is 9.59 Å². The molecule has 0 aromatic rings. The van der Waals surface area contributed by atoms with Crippen molar-refractivity contribution < 1.29 is 19.1 Å². The summed E-state index contributed by atoms with van der Waals surface area (Å²) in [7, 11) is 0. The van der Waals surface area contributed by atoms with Gasteiger partial charge in [-0.05, 0) is 0 Å². The van der Waals surface area contributed by atoms with Crippen molar-refractivity contribution in [3.05, 3.63) is 0 Å². The van der Waals surface area contributed by atoms with Crippen LogP contribution in [0.25, 0.3) is 0 Å². The lowest BCUT2D eigenvalue weighted by atomic mass is 10.3. The van der Waals surface area contributed by atoms with Gasteiger partial charge in [0.15, 0.2) is 0 Å². The molecular weight excluding hydrogens is 174 g/mol. The zero-order chi connectivity index (χ0) is 10.3. The summed E-state index contributed by atoms with van der Waals surface area (Å²) >= 11 is 0. The standard InChI is InChI=1S/C8H11NO4/c1-6(10)12-5-8(3-4-9)13-7(2)11/h8H,3,5H2,1-2H3. The number of ether oxygens (including phenoxy) is 2. The van der Waals surface area contributed by atoms with E-state index < -0.39 is 18.0 Å². The monoisotopic (exact) mass is 185 g/mol. The Morgan fingerprint density at radius 3 is 2.38 bits per heavy atom. The van der Waals surface area contributed by atoms with Crippen molar-refractivity contribution in [1.82, 2.24) is 0 Å². The van der Waals surface area contributed by atoms with Gasteiger partial charge in [-0.15, -0.1) is 0 Å². The Morgan fingerprint density at radius 1 is 1.38 bits per heavy atom. The highest BCUT2D eigenvalue weighted by molar-refractivity contribution is 5.67. The van der Waals surface area contributed by atoms with Crippen LogP contribution in [0.3, 0.4) is 0 Å². The predicted molar refractivity (Wildman–Crippen MR) is 42.4 cm³/mol. The van der Waals surface area contributed by atoms with Gasteiger partial charge in [0, 0.05) is 13.8 Å². The molecular formula is C8H11NO4. The number of hydrogen-bond donors (Lipinski definition) is 0. The maximum atomic E-state index is 10.5. The molecule has 0 aliphatic rings. The molecule has 0 aliphatic carbocycles. The second-order valence-electron chi connectivity index (χ2n) is 2.40. The molecule has 0 aliphatic heterocycles. The predicted octanol–water partition coefficient (Wildman–Crippen LogP) is 0.395. The molecule has 5 heteroatoms. The van der Waals surface area contributed by atoms with E-state index in [1.54, 1.807) is 0 Å². The van der Waals surface area contributed by atoms with Crippen LogP contribution in [0, 0.1) is 11.3 Å². The van der Waals surface area contributed by atoms with E-state index in [4.69, 9.17) is 10.00 Å². The summed E-state index contributed by atoms with van der Waals surface area (Å²) in [5.41, 5.74) is 0. The molecule has 0 spiro atoms. The van der Waals surface area contributed by atoms with Crippen LogP contribution < -0.4 is 0 Å². The third kappa shape index (κ3) is 6.81. The van der Waals surface area contributed by atoms with Crippen molar-refractivity contribution in [1.29, 1.82) is 5.26 Å². The molecule has 72 valence electrons. The molecule has 13 heavy (non-hydrogen) atoms. The van der Waals surface area contributed by atoms with Crippen LogP contribution in [0.2, 0.25) is 0 Å². The second-order valence-corrected chi connectivity index (χ2v) is 2.40. The fraction of sp³-hybridized carbons (Fsp3) is 0.625. The molecule has 0 radical (unpaired) electrons. The van der Waals surface area contributed by atoms with Crippen LogP contribution in [0.15, 0.2) is 0 Å². The highest BCUT2D eigenvalue weighted by Crippen LogP contribution is 1.99. The van der Waals surface area contributed by atoms with Crippen LogP contribution in [0.5, 0.6) is 0 Å². The van der Waals surface area contributed by atoms with Crippen LogP contribution in [-0.2, 0) is 19.1 Å². The Kier molecular flexibility index (Phi) is 5.28. The van der Waals surface area contributed by atoms with Crippen molar-refractivity contribution in [3.8, 4) is 6.07 Å². The highest BCUT2D eigenvalue weighted by atomic mass is 16.6. The van der Waals surface area contributed by atoms with Crippen LogP contribution >= 0.6 is 0 Å². The molecule has 1 atom stereocenters. The number of esters is 2. The SMILES string of the molecule is CC(=O)OCC(CC#N)OC(C)=O. The first-order valence-corrected chi connectivity index (χ1v) is 3.73. The van der Waals surface area contributed by atoms with Gasteiger partial charge in [0.2, 0.25) is 0 Å². The Balaban J connectivity index is 3.88. The van der Waals surface area contributed by atoms with E-state index >= 15 is 0 Å². The first-order valence-electron chi connectivity index (χ1n) is 3.73. The molecule has 5 nitrogen and oxygen atoms in total. The fourth-order valence-electron chi connectivity index (χ4n) is 0.681. The van der Waals surface area contributed by atoms with Crippen molar-refractivity contribution in [2.45, 2.75) is 26.4 Å². The number of hydrogen-bond acceptors (Lipinski definition) is 5. The zero-order valence-corrected chi connectivity index (χ0v) is 7.57. The van der Waals surface area contributed by atoms with E-state index in [0.29, 0.717) is 0 Å². The van der Waals surface area contributed by atoms with Gasteiger partial charge in [0.1, 0.15) is 12.7 Å². The number of carbonyl (C=O) groups is 2. The smallest absolute Gasteiger partial charge is 0.303 e. The Morgan fingerprint density at radius 2 is 2.00 bits per heavy atom. The van der Waals surface area contributed by atoms with E-state index in [-0.39, 0.29) is 13.0 Å². The normalized spacial score (nSPS) is 11.2. The van der Waals surface area contributed by atoms with E-state index in [9.17, 15) is 9.59 Å². The second kappa shape index (κ2) is 6.00. The molecule has 0 fully saturated rings. The largest absolute Gasteiger partial charge is 0.462 e. The van der Waals surface area contributed by atoms with E-state index in [1.807, 2.05) is 6.07 Å². The average molecular weight is 185 g/mol. The van der Waals surface area contributed by atoms with Gasteiger partial charge < -0.3 is 9.47 Å². The maximum Gasteiger partial charge on any atom is 0.303 e. The van der Waals surface area contributed by atoms with Crippen molar-refractivity contribution in [2.24, 2.45) is 0 Å². The van der Waals surface area contributed by atoms with Gasteiger partial charge in [-0.25, -0.2) is 0 Å². The number of nitriles is 1. The first-order chi connectivity index (χ1) is 6.06. The van der Waals surface area contributed by atoms with E-state index in [1.165, 1.54) is 13.8 Å². The Labute approximate surface area is 76.2 Å². The van der Waals surface area contributed by atoms with Crippen molar-refractivity contribution in [2.75, 3.05) is 6.61 Å². The third-order valence-corrected chi connectivity index (χ3v) is 1.12. The quantitative estimate of drug-likeness (QED) is 0.592. The number of nitrogens with zero attached hydrogens (tertiary/aromatic N) is 1. The lowest BCUT2D eigenvalue weighted by Gasteiger charge is -2.12. The van der Waals surface area contributed by atoms with Gasteiger partial charge in [-0.1, -0.05) is 0 Å². The Bertz CT molecular complexity index is 231. The molecule has 0 bridgehead atoms. The minimum absolute atomic E-state index is 0.0207. The molecule has 0 N–H and O–H groups in total. The summed E-state index contributed by atoms with van der Waals surface area (Å²) in [4.78, 5) is 20.9. The van der Waals surface area contributed by atoms with Crippen LogP contribution in [0.4, 0.5) is 0 Å². The van der Waals surface area contributed by atoms with Crippen LogP contribution in [0.1, 0.15) is 20.3 Å². The van der Waals surface area contributed by atoms with Crippen LogP contribution in [-0.4, -0.2) is 24.6 Å². The highest BCUT2D eigenvalue weighted by Gasteiger charge is 2.12. The topological polar surface area (TPSA) is 76.4 Å². The third-order valence-electron chi connectivity index (χ3n) is 1.12. The van der Waals surface area contributed by atoms with Gasteiger partial charge in [0.05, 0.1) is 12.5 Å². The van der Waals surface area contributed by atoms with Gasteiger partial charge in [0.25, 0.3) is 0 Å². The molecule has 0 amide bonds. The number of carbonyl (C=O) groups excluding carboxylic acids is 2. The average Bonchev–Trinajstić information content (AvgIpc) is 1.99. The lowest BCUT2D eigenvalue weighted by Crippen LogP contribution is -2.23. The molecule has 0 heterocycles. The molecule has 1 unspecified atom stereocenters. The summed E-state index contributed by atoms with van der Waals surface area (Å²) in [6, 6.07) is 1.83. The summed E-state index contributed by atoms with van der Waals surface area (Å²) in [6.07, 6.45) is -0.640. The minimum atomic E-state index is -0.661. The van der Waals surface area contributed by atoms with Crippen molar-refractivity contribution >= 4 is 11.9 Å². The van der Waals surface area contributed by atoms with Gasteiger partial charge >= 0.3 is 11.9 Å². The molecule has 0 rings (SSSR count). The molecule has 0 aromatic heterocycles. The zero-order valence-electron chi connectivity index (χ0n) is 7.57. The summed E-state index contributed by atoms with van der Waals surface area (Å²) < 4.78 is 9.29. The minimum Gasteiger partial charge on any atom is -0.462 e. The van der Waals surface area contributed by atoms with E-state index in [2.05, 4.69) is 4.74 Å². The lowest BCUT2D eigenvalue weighted by molar-refractivity contribution is -0.155.